The average molecular weight is 388 g/mol. The highest BCUT2D eigenvalue weighted by Crippen LogP contribution is 2.30. The second-order valence-electron chi connectivity index (χ2n) is 5.21. The summed E-state index contributed by atoms with van der Waals surface area (Å²) < 4.78 is 10.3. The van der Waals surface area contributed by atoms with Gasteiger partial charge in [0, 0.05) is 22.7 Å². The molecule has 0 atom stereocenters. The maximum atomic E-state index is 12.5. The fourth-order valence-corrected chi connectivity index (χ4v) is 3.83. The molecule has 134 valence electrons. The van der Waals surface area contributed by atoms with Gasteiger partial charge in [0.05, 0.1) is 12.3 Å². The highest BCUT2D eigenvalue weighted by Gasteiger charge is 2.18. The lowest BCUT2D eigenvalue weighted by Gasteiger charge is -2.07. The van der Waals surface area contributed by atoms with Gasteiger partial charge in [-0.1, -0.05) is 6.07 Å². The molecule has 0 bridgehead atoms. The summed E-state index contributed by atoms with van der Waals surface area (Å²) in [5.74, 6) is -0.149. The lowest BCUT2D eigenvalue weighted by atomic mass is 10.3. The van der Waals surface area contributed by atoms with Crippen molar-refractivity contribution in [1.29, 1.82) is 0 Å². The van der Waals surface area contributed by atoms with Crippen molar-refractivity contribution in [3.63, 3.8) is 0 Å². The summed E-state index contributed by atoms with van der Waals surface area (Å²) in [6.07, 6.45) is -0.560. The van der Waals surface area contributed by atoms with Crippen LogP contribution in [0.15, 0.2) is 41.1 Å². The SMILES string of the molecule is CCOC(=O)Nc1cccc(OC(=O)c2sc(-c3ccsc3)nc2C)c1. The lowest BCUT2D eigenvalue weighted by molar-refractivity contribution is 0.0739. The minimum Gasteiger partial charge on any atom is -0.450 e. The topological polar surface area (TPSA) is 77.5 Å². The van der Waals surface area contributed by atoms with Crippen LogP contribution >= 0.6 is 22.7 Å². The number of aryl methyl sites for hydroxylation is 1. The van der Waals surface area contributed by atoms with Gasteiger partial charge in [0.15, 0.2) is 0 Å². The fraction of sp³-hybridized carbons (Fsp3) is 0.167. The first-order valence-electron chi connectivity index (χ1n) is 7.83. The number of ether oxygens (including phenoxy) is 2. The molecule has 1 amide bonds. The molecule has 0 aliphatic carbocycles. The lowest BCUT2D eigenvalue weighted by Crippen LogP contribution is -2.13. The summed E-state index contributed by atoms with van der Waals surface area (Å²) in [6.45, 7) is 3.78. The zero-order valence-corrected chi connectivity index (χ0v) is 15.8. The highest BCUT2D eigenvalue weighted by atomic mass is 32.1. The molecule has 3 rings (SSSR count). The van der Waals surface area contributed by atoms with Crippen molar-refractivity contribution < 1.29 is 19.1 Å². The predicted octanol–water partition coefficient (Wildman–Crippen LogP) is 4.97. The van der Waals surface area contributed by atoms with Gasteiger partial charge < -0.3 is 9.47 Å². The first-order chi connectivity index (χ1) is 12.6. The number of rotatable bonds is 5. The van der Waals surface area contributed by atoms with Crippen LogP contribution in [0, 0.1) is 6.92 Å². The Balaban J connectivity index is 1.73. The van der Waals surface area contributed by atoms with Gasteiger partial charge in [0.1, 0.15) is 15.6 Å². The van der Waals surface area contributed by atoms with Gasteiger partial charge in [-0.3, -0.25) is 5.32 Å². The van der Waals surface area contributed by atoms with Crippen molar-refractivity contribution in [2.45, 2.75) is 13.8 Å². The summed E-state index contributed by atoms with van der Waals surface area (Å²) in [6, 6.07) is 8.53. The van der Waals surface area contributed by atoms with Crippen molar-refractivity contribution >= 4 is 40.4 Å². The van der Waals surface area contributed by atoms with E-state index in [4.69, 9.17) is 9.47 Å². The van der Waals surface area contributed by atoms with E-state index >= 15 is 0 Å². The van der Waals surface area contributed by atoms with Gasteiger partial charge in [-0.25, -0.2) is 14.6 Å². The molecule has 1 aromatic carbocycles. The molecule has 0 radical (unpaired) electrons. The van der Waals surface area contributed by atoms with E-state index in [1.807, 2.05) is 16.8 Å². The van der Waals surface area contributed by atoms with Crippen molar-refractivity contribution in [2.75, 3.05) is 11.9 Å². The molecular formula is C18H16N2O4S2. The number of thiophene rings is 1. The van der Waals surface area contributed by atoms with Crippen LogP contribution in [0.2, 0.25) is 0 Å². The summed E-state index contributed by atoms with van der Waals surface area (Å²) in [4.78, 5) is 28.9. The first-order valence-corrected chi connectivity index (χ1v) is 9.58. The Kier molecular flexibility index (Phi) is 5.65. The minimum atomic E-state index is -0.560. The molecule has 0 aliphatic rings. The van der Waals surface area contributed by atoms with Crippen molar-refractivity contribution in [3.05, 3.63) is 51.7 Å². The third-order valence-electron chi connectivity index (χ3n) is 3.32. The Hall–Kier alpha value is -2.71. The minimum absolute atomic E-state index is 0.275. The number of amides is 1. The highest BCUT2D eigenvalue weighted by molar-refractivity contribution is 7.17. The van der Waals surface area contributed by atoms with Gasteiger partial charge in [-0.2, -0.15) is 11.3 Å². The largest absolute Gasteiger partial charge is 0.450 e. The van der Waals surface area contributed by atoms with Crippen LogP contribution in [0.25, 0.3) is 10.6 Å². The number of anilines is 1. The van der Waals surface area contributed by atoms with Crippen LogP contribution in [0.5, 0.6) is 5.75 Å². The molecule has 0 unspecified atom stereocenters. The molecule has 0 saturated heterocycles. The van der Waals surface area contributed by atoms with E-state index < -0.39 is 12.1 Å². The van der Waals surface area contributed by atoms with Gasteiger partial charge in [-0.15, -0.1) is 11.3 Å². The molecule has 2 heterocycles. The fourth-order valence-electron chi connectivity index (χ4n) is 2.17. The quantitative estimate of drug-likeness (QED) is 0.493. The van der Waals surface area contributed by atoms with Crippen LogP contribution in [-0.4, -0.2) is 23.7 Å². The molecule has 2 aromatic heterocycles. The van der Waals surface area contributed by atoms with E-state index in [-0.39, 0.29) is 6.61 Å². The number of benzene rings is 1. The van der Waals surface area contributed by atoms with E-state index in [1.54, 1.807) is 49.4 Å². The standard InChI is InChI=1S/C18H16N2O4S2/c1-3-23-18(22)20-13-5-4-6-14(9-13)24-17(21)15-11(2)19-16(26-15)12-7-8-25-10-12/h4-10H,3H2,1-2H3,(H,20,22). The van der Waals surface area contributed by atoms with Crippen LogP contribution in [0.1, 0.15) is 22.3 Å². The van der Waals surface area contributed by atoms with Gasteiger partial charge in [0.25, 0.3) is 0 Å². The second kappa shape index (κ2) is 8.11. The van der Waals surface area contributed by atoms with E-state index in [9.17, 15) is 9.59 Å². The van der Waals surface area contributed by atoms with Gasteiger partial charge >= 0.3 is 12.1 Å². The molecular weight excluding hydrogens is 372 g/mol. The number of esters is 1. The Bertz CT molecular complexity index is 919. The van der Waals surface area contributed by atoms with E-state index in [0.717, 1.165) is 10.6 Å². The van der Waals surface area contributed by atoms with Crippen LogP contribution in [0.3, 0.4) is 0 Å². The number of carbonyl (C=O) groups excluding carboxylic acids is 2. The number of hydrogen-bond donors (Lipinski definition) is 1. The third-order valence-corrected chi connectivity index (χ3v) is 5.19. The molecule has 1 N–H and O–H groups in total. The Labute approximate surface area is 158 Å². The normalized spacial score (nSPS) is 10.4. The van der Waals surface area contributed by atoms with E-state index in [0.29, 0.717) is 22.0 Å². The van der Waals surface area contributed by atoms with E-state index in [2.05, 4.69) is 10.3 Å². The number of hydrogen-bond acceptors (Lipinski definition) is 7. The molecule has 0 aliphatic heterocycles. The maximum Gasteiger partial charge on any atom is 0.411 e. The van der Waals surface area contributed by atoms with Crippen molar-refractivity contribution in [3.8, 4) is 16.3 Å². The molecule has 0 saturated carbocycles. The number of nitrogens with one attached hydrogen (secondary N) is 1. The Morgan fingerprint density at radius 3 is 2.85 bits per heavy atom. The zero-order chi connectivity index (χ0) is 18.5. The molecule has 6 nitrogen and oxygen atoms in total. The summed E-state index contributed by atoms with van der Waals surface area (Å²) in [7, 11) is 0. The Morgan fingerprint density at radius 2 is 2.12 bits per heavy atom. The zero-order valence-electron chi connectivity index (χ0n) is 14.1. The van der Waals surface area contributed by atoms with Crippen LogP contribution in [0.4, 0.5) is 10.5 Å². The summed E-state index contributed by atoms with van der Waals surface area (Å²) in [5.41, 5.74) is 2.10. The van der Waals surface area contributed by atoms with Crippen molar-refractivity contribution in [2.24, 2.45) is 0 Å². The third kappa shape index (κ3) is 4.27. The molecule has 0 spiro atoms. The molecule has 8 heteroatoms. The number of aromatic nitrogens is 1. The molecule has 26 heavy (non-hydrogen) atoms. The van der Waals surface area contributed by atoms with Crippen LogP contribution in [-0.2, 0) is 4.74 Å². The average Bonchev–Trinajstić information content (AvgIpc) is 3.24. The summed E-state index contributed by atoms with van der Waals surface area (Å²) in [5, 5.41) is 7.30. The van der Waals surface area contributed by atoms with E-state index in [1.165, 1.54) is 11.3 Å². The number of thiazole rings is 1. The summed E-state index contributed by atoms with van der Waals surface area (Å²) >= 11 is 2.87. The predicted molar refractivity (Wildman–Crippen MR) is 102 cm³/mol. The number of nitrogens with zero attached hydrogens (tertiary/aromatic N) is 1. The van der Waals surface area contributed by atoms with Crippen molar-refractivity contribution in [1.82, 2.24) is 4.98 Å². The molecule has 3 aromatic rings. The van der Waals surface area contributed by atoms with Crippen LogP contribution < -0.4 is 10.1 Å². The smallest absolute Gasteiger partial charge is 0.411 e. The second-order valence-corrected chi connectivity index (χ2v) is 6.99. The first kappa shape index (κ1) is 18.1. The van der Waals surface area contributed by atoms with Gasteiger partial charge in [0.2, 0.25) is 0 Å². The number of carbonyl (C=O) groups is 2. The monoisotopic (exact) mass is 388 g/mol. The Morgan fingerprint density at radius 1 is 1.27 bits per heavy atom. The maximum absolute atomic E-state index is 12.5. The van der Waals surface area contributed by atoms with Gasteiger partial charge in [-0.05, 0) is 37.4 Å². The molecule has 0 fully saturated rings.